The van der Waals surface area contributed by atoms with Crippen molar-refractivity contribution in [1.29, 1.82) is 0 Å². The monoisotopic (exact) mass is 279 g/mol. The maximum absolute atomic E-state index is 12.9. The number of likely N-dealkylation sites (tertiary alicyclic amines) is 1. The lowest BCUT2D eigenvalue weighted by atomic mass is 9.77. The van der Waals surface area contributed by atoms with Crippen LogP contribution in [0.5, 0.6) is 0 Å². The zero-order chi connectivity index (χ0) is 14.1. The fourth-order valence-electron chi connectivity index (χ4n) is 4.66. The molecule has 0 spiro atoms. The number of piperidine rings is 1. The maximum Gasteiger partial charge on any atom is 0.307 e. The molecule has 2 aliphatic carbocycles. The standard InChI is InChI=1S/C16H25NO3/c18-15(12-7-1-2-8-13(12)16(19)20)17-10-4-6-11-5-3-9-14(11)17/h11-14H,1-10H2,(H,19,20)/t11?,12-,13+,14?/m1/s1. The number of carboxylic acid groups (broad SMARTS) is 1. The molecule has 112 valence electrons. The van der Waals surface area contributed by atoms with E-state index in [0.717, 1.165) is 38.6 Å². The predicted octanol–water partition coefficient (Wildman–Crippen LogP) is 2.67. The second-order valence-electron chi connectivity index (χ2n) is 6.77. The minimum atomic E-state index is -0.775. The van der Waals surface area contributed by atoms with Crippen molar-refractivity contribution in [3.05, 3.63) is 0 Å². The van der Waals surface area contributed by atoms with Crippen molar-refractivity contribution in [3.8, 4) is 0 Å². The van der Waals surface area contributed by atoms with Gasteiger partial charge in [0.25, 0.3) is 0 Å². The summed E-state index contributed by atoms with van der Waals surface area (Å²) in [5.74, 6) is -0.657. The van der Waals surface area contributed by atoms with Crippen LogP contribution in [-0.2, 0) is 9.59 Å². The molecule has 2 unspecified atom stereocenters. The zero-order valence-corrected chi connectivity index (χ0v) is 12.1. The molecule has 1 saturated heterocycles. The number of aliphatic carboxylic acids is 1. The van der Waals surface area contributed by atoms with Crippen LogP contribution in [0.2, 0.25) is 0 Å². The second kappa shape index (κ2) is 5.74. The predicted molar refractivity (Wildman–Crippen MR) is 75.2 cm³/mol. The van der Waals surface area contributed by atoms with Gasteiger partial charge in [-0.3, -0.25) is 9.59 Å². The Kier molecular flexibility index (Phi) is 3.99. The van der Waals surface area contributed by atoms with Crippen LogP contribution in [0.25, 0.3) is 0 Å². The van der Waals surface area contributed by atoms with Crippen LogP contribution in [0.4, 0.5) is 0 Å². The Morgan fingerprint density at radius 3 is 2.30 bits per heavy atom. The lowest BCUT2D eigenvalue weighted by Gasteiger charge is -2.41. The minimum Gasteiger partial charge on any atom is -0.481 e. The summed E-state index contributed by atoms with van der Waals surface area (Å²) in [5.41, 5.74) is 0. The third-order valence-electron chi connectivity index (χ3n) is 5.68. The van der Waals surface area contributed by atoms with Crippen molar-refractivity contribution in [1.82, 2.24) is 4.90 Å². The molecule has 2 saturated carbocycles. The Bertz CT molecular complexity index is 395. The highest BCUT2D eigenvalue weighted by Gasteiger charge is 2.43. The average molecular weight is 279 g/mol. The smallest absolute Gasteiger partial charge is 0.307 e. The first-order valence-corrected chi connectivity index (χ1v) is 8.22. The van der Waals surface area contributed by atoms with Gasteiger partial charge in [-0.15, -0.1) is 0 Å². The van der Waals surface area contributed by atoms with E-state index in [-0.39, 0.29) is 11.8 Å². The normalized spacial score (nSPS) is 37.5. The molecule has 1 aliphatic heterocycles. The minimum absolute atomic E-state index is 0.147. The molecular weight excluding hydrogens is 254 g/mol. The molecule has 0 aromatic carbocycles. The Hall–Kier alpha value is -1.06. The number of fused-ring (bicyclic) bond motifs is 1. The van der Waals surface area contributed by atoms with Gasteiger partial charge < -0.3 is 10.0 Å². The van der Waals surface area contributed by atoms with E-state index in [1.165, 1.54) is 19.3 Å². The van der Waals surface area contributed by atoms with Crippen molar-refractivity contribution in [3.63, 3.8) is 0 Å². The number of rotatable bonds is 2. The highest BCUT2D eigenvalue weighted by Crippen LogP contribution is 2.39. The van der Waals surface area contributed by atoms with Gasteiger partial charge in [0.15, 0.2) is 0 Å². The number of carboxylic acids is 1. The number of hydrogen-bond donors (Lipinski definition) is 1. The lowest BCUT2D eigenvalue weighted by molar-refractivity contribution is -0.154. The molecule has 3 fully saturated rings. The van der Waals surface area contributed by atoms with Crippen LogP contribution < -0.4 is 0 Å². The Balaban J connectivity index is 1.74. The van der Waals surface area contributed by atoms with Crippen molar-refractivity contribution in [2.24, 2.45) is 17.8 Å². The summed E-state index contributed by atoms with van der Waals surface area (Å²) < 4.78 is 0. The van der Waals surface area contributed by atoms with Crippen LogP contribution in [0, 0.1) is 17.8 Å². The molecule has 4 atom stereocenters. The Morgan fingerprint density at radius 2 is 1.55 bits per heavy atom. The van der Waals surface area contributed by atoms with Gasteiger partial charge in [-0.25, -0.2) is 0 Å². The Labute approximate surface area is 120 Å². The fourth-order valence-corrected chi connectivity index (χ4v) is 4.66. The number of hydrogen-bond acceptors (Lipinski definition) is 2. The van der Waals surface area contributed by atoms with E-state index in [2.05, 4.69) is 4.90 Å². The molecular formula is C16H25NO3. The average Bonchev–Trinajstić information content (AvgIpc) is 2.94. The van der Waals surface area contributed by atoms with Gasteiger partial charge in [-0.1, -0.05) is 19.3 Å². The van der Waals surface area contributed by atoms with E-state index in [4.69, 9.17) is 0 Å². The van der Waals surface area contributed by atoms with E-state index in [0.29, 0.717) is 18.4 Å². The van der Waals surface area contributed by atoms with Crippen LogP contribution in [0.1, 0.15) is 57.8 Å². The summed E-state index contributed by atoms with van der Waals surface area (Å²) in [6.45, 7) is 0.850. The van der Waals surface area contributed by atoms with Gasteiger partial charge in [0.05, 0.1) is 11.8 Å². The summed E-state index contributed by atoms with van der Waals surface area (Å²) in [4.78, 5) is 26.3. The molecule has 3 rings (SSSR count). The van der Waals surface area contributed by atoms with Crippen molar-refractivity contribution in [2.45, 2.75) is 63.8 Å². The number of nitrogens with zero attached hydrogens (tertiary/aromatic N) is 1. The van der Waals surface area contributed by atoms with Crippen LogP contribution in [0.3, 0.4) is 0 Å². The van der Waals surface area contributed by atoms with Crippen LogP contribution in [0.15, 0.2) is 0 Å². The molecule has 4 nitrogen and oxygen atoms in total. The third kappa shape index (κ3) is 2.45. The molecule has 1 heterocycles. The second-order valence-corrected chi connectivity index (χ2v) is 6.77. The highest BCUT2D eigenvalue weighted by molar-refractivity contribution is 5.85. The van der Waals surface area contributed by atoms with Gasteiger partial charge >= 0.3 is 5.97 Å². The van der Waals surface area contributed by atoms with Crippen LogP contribution >= 0.6 is 0 Å². The molecule has 0 aromatic rings. The van der Waals surface area contributed by atoms with Gasteiger partial charge in [-0.05, 0) is 44.4 Å². The highest BCUT2D eigenvalue weighted by atomic mass is 16.4. The van der Waals surface area contributed by atoms with E-state index in [9.17, 15) is 14.7 Å². The molecule has 3 aliphatic rings. The third-order valence-corrected chi connectivity index (χ3v) is 5.68. The summed E-state index contributed by atoms with van der Waals surface area (Å²) in [6, 6.07) is 0.410. The van der Waals surface area contributed by atoms with Crippen LogP contribution in [-0.4, -0.2) is 34.5 Å². The molecule has 20 heavy (non-hydrogen) atoms. The van der Waals surface area contributed by atoms with Gasteiger partial charge in [-0.2, -0.15) is 0 Å². The number of carbonyl (C=O) groups excluding carboxylic acids is 1. The van der Waals surface area contributed by atoms with Gasteiger partial charge in [0.2, 0.25) is 5.91 Å². The van der Waals surface area contributed by atoms with Gasteiger partial charge in [0.1, 0.15) is 0 Å². The first-order chi connectivity index (χ1) is 9.68. The summed E-state index contributed by atoms with van der Waals surface area (Å²) in [6.07, 6.45) is 9.35. The summed E-state index contributed by atoms with van der Waals surface area (Å²) in [5, 5.41) is 9.37. The fraction of sp³-hybridized carbons (Fsp3) is 0.875. The molecule has 0 aromatic heterocycles. The van der Waals surface area contributed by atoms with Crippen molar-refractivity contribution in [2.75, 3.05) is 6.54 Å². The zero-order valence-electron chi connectivity index (χ0n) is 12.1. The van der Waals surface area contributed by atoms with E-state index < -0.39 is 11.9 Å². The molecule has 1 N–H and O–H groups in total. The van der Waals surface area contributed by atoms with E-state index in [1.54, 1.807) is 0 Å². The molecule has 0 radical (unpaired) electrons. The number of amides is 1. The van der Waals surface area contributed by atoms with Crippen molar-refractivity contribution >= 4 is 11.9 Å². The SMILES string of the molecule is O=C(O)[C@H]1CCCC[C@H]1C(=O)N1CCCC2CCCC21. The van der Waals surface area contributed by atoms with Gasteiger partial charge in [0, 0.05) is 12.6 Å². The first kappa shape index (κ1) is 13.9. The largest absolute Gasteiger partial charge is 0.481 e. The molecule has 0 bridgehead atoms. The van der Waals surface area contributed by atoms with Crippen molar-refractivity contribution < 1.29 is 14.7 Å². The molecule has 4 heteroatoms. The Morgan fingerprint density at radius 1 is 0.850 bits per heavy atom. The summed E-state index contributed by atoms with van der Waals surface area (Å²) in [7, 11) is 0. The number of carbonyl (C=O) groups is 2. The topological polar surface area (TPSA) is 57.6 Å². The van der Waals surface area contributed by atoms with E-state index >= 15 is 0 Å². The summed E-state index contributed by atoms with van der Waals surface area (Å²) >= 11 is 0. The molecule has 1 amide bonds. The van der Waals surface area contributed by atoms with E-state index in [1.807, 2.05) is 0 Å². The first-order valence-electron chi connectivity index (χ1n) is 8.22. The maximum atomic E-state index is 12.9. The quantitative estimate of drug-likeness (QED) is 0.845. The lowest BCUT2D eigenvalue weighted by Crippen LogP contribution is -2.51.